The first-order valence-electron chi connectivity index (χ1n) is 12.2. The van der Waals surface area contributed by atoms with Gasteiger partial charge in [-0.3, -0.25) is 9.78 Å². The van der Waals surface area contributed by atoms with Gasteiger partial charge in [0, 0.05) is 69.3 Å². The van der Waals surface area contributed by atoms with Crippen molar-refractivity contribution in [3.63, 3.8) is 0 Å². The highest BCUT2D eigenvalue weighted by atomic mass is 32.2. The summed E-state index contributed by atoms with van der Waals surface area (Å²) in [5, 5.41) is 0.552. The average molecular weight is 522 g/mol. The highest BCUT2D eigenvalue weighted by Crippen LogP contribution is 2.41. The number of piperidine rings is 1. The lowest BCUT2D eigenvalue weighted by Crippen LogP contribution is -2.50. The Morgan fingerprint density at radius 3 is 2.32 bits per heavy atom. The quantitative estimate of drug-likeness (QED) is 0.491. The number of carbonyl (C=O) groups excluding carboxylic acids is 1. The minimum atomic E-state index is -3.33. The van der Waals surface area contributed by atoms with Gasteiger partial charge in [0.1, 0.15) is 5.82 Å². The number of hydrogen-bond donors (Lipinski definition) is 0. The van der Waals surface area contributed by atoms with Crippen molar-refractivity contribution in [2.45, 2.75) is 18.4 Å². The number of nitrogens with zero attached hydrogens (tertiary/aromatic N) is 5. The first-order chi connectivity index (χ1) is 17.7. The van der Waals surface area contributed by atoms with Gasteiger partial charge in [0.15, 0.2) is 0 Å². The number of fused-ring (bicyclic) bond motifs is 1. The number of carbonyl (C=O) groups is 1. The highest BCUT2D eigenvalue weighted by Gasteiger charge is 2.43. The normalized spacial score (nSPS) is 18.5. The Bertz CT molecular complexity index is 1470. The number of rotatable bonds is 4. The summed E-state index contributed by atoms with van der Waals surface area (Å²) in [7, 11) is -3.33. The van der Waals surface area contributed by atoms with Crippen molar-refractivity contribution in [2.24, 2.45) is 0 Å². The molecule has 2 aliphatic rings. The van der Waals surface area contributed by atoms with E-state index in [4.69, 9.17) is 6.57 Å². The lowest BCUT2D eigenvalue weighted by Gasteiger charge is -2.38. The second-order valence-electron chi connectivity index (χ2n) is 9.63. The Balaban J connectivity index is 1.48. The van der Waals surface area contributed by atoms with Crippen molar-refractivity contribution in [1.29, 1.82) is 0 Å². The third-order valence-electron chi connectivity index (χ3n) is 7.46. The third-order valence-corrected chi connectivity index (χ3v) is 8.76. The van der Waals surface area contributed by atoms with E-state index in [2.05, 4.69) is 14.7 Å². The van der Waals surface area contributed by atoms with E-state index in [0.29, 0.717) is 48.1 Å². The predicted octanol–water partition coefficient (Wildman–Crippen LogP) is 3.51. The Morgan fingerprint density at radius 2 is 1.70 bits per heavy atom. The lowest BCUT2D eigenvalue weighted by atomic mass is 9.81. The molecule has 0 aliphatic carbocycles. The number of benzene rings is 2. The largest absolute Gasteiger partial charge is 0.370 e. The van der Waals surface area contributed by atoms with Crippen LogP contribution in [0.2, 0.25) is 0 Å². The van der Waals surface area contributed by atoms with Crippen LogP contribution >= 0.6 is 0 Å². The van der Waals surface area contributed by atoms with Crippen molar-refractivity contribution in [3.05, 3.63) is 83.1 Å². The summed E-state index contributed by atoms with van der Waals surface area (Å²) in [6.45, 7) is 9.98. The molecule has 3 aromatic rings. The number of amides is 1. The number of halogens is 1. The molecule has 5 rings (SSSR count). The zero-order valence-corrected chi connectivity index (χ0v) is 21.4. The molecule has 2 aliphatic heterocycles. The highest BCUT2D eigenvalue weighted by molar-refractivity contribution is 7.88. The van der Waals surface area contributed by atoms with Crippen LogP contribution in [0.5, 0.6) is 0 Å². The van der Waals surface area contributed by atoms with Gasteiger partial charge in [0.2, 0.25) is 10.0 Å². The first kappa shape index (κ1) is 25.1. The van der Waals surface area contributed by atoms with Gasteiger partial charge >= 0.3 is 0 Å². The molecule has 2 fully saturated rings. The summed E-state index contributed by atoms with van der Waals surface area (Å²) in [4.78, 5) is 25.9. The monoisotopic (exact) mass is 521 g/mol. The van der Waals surface area contributed by atoms with Crippen molar-refractivity contribution in [3.8, 4) is 0 Å². The first-order valence-corrected chi connectivity index (χ1v) is 14.1. The maximum absolute atomic E-state index is 14.4. The molecular formula is C27H28FN5O3S. The van der Waals surface area contributed by atoms with Crippen LogP contribution in [0.3, 0.4) is 0 Å². The molecule has 0 atom stereocenters. The summed E-state index contributed by atoms with van der Waals surface area (Å²) in [5.41, 5.74) is 1.90. The van der Waals surface area contributed by atoms with Crippen molar-refractivity contribution >= 4 is 32.5 Å². The summed E-state index contributed by atoms with van der Waals surface area (Å²) < 4.78 is 39.5. The average Bonchev–Trinajstić information content (AvgIpc) is 2.92. The van der Waals surface area contributed by atoms with Gasteiger partial charge in [0.25, 0.3) is 11.4 Å². The molecule has 2 saturated heterocycles. The zero-order valence-electron chi connectivity index (χ0n) is 20.6. The summed E-state index contributed by atoms with van der Waals surface area (Å²) in [6.07, 6.45) is 3.84. The molecule has 1 aromatic heterocycles. The number of piperazine rings is 1. The van der Waals surface area contributed by atoms with Crippen LogP contribution in [0, 0.1) is 12.4 Å². The van der Waals surface area contributed by atoms with Gasteiger partial charge in [-0.15, -0.1) is 0 Å². The number of sulfonamides is 1. The maximum atomic E-state index is 14.4. The molecule has 2 aromatic carbocycles. The molecule has 192 valence electrons. The maximum Gasteiger partial charge on any atom is 0.260 e. The van der Waals surface area contributed by atoms with E-state index in [9.17, 15) is 17.6 Å². The van der Waals surface area contributed by atoms with Gasteiger partial charge in [-0.05, 0) is 18.2 Å². The second-order valence-corrected chi connectivity index (χ2v) is 11.6. The summed E-state index contributed by atoms with van der Waals surface area (Å²) >= 11 is 0. The molecular weight excluding hydrogens is 493 g/mol. The van der Waals surface area contributed by atoms with Crippen molar-refractivity contribution in [1.82, 2.24) is 14.2 Å². The number of aromatic nitrogens is 1. The van der Waals surface area contributed by atoms with Crippen LogP contribution in [0.4, 0.5) is 10.1 Å². The smallest absolute Gasteiger partial charge is 0.260 e. The second kappa shape index (κ2) is 9.72. The van der Waals surface area contributed by atoms with Crippen LogP contribution in [0.25, 0.3) is 15.7 Å². The van der Waals surface area contributed by atoms with E-state index in [1.807, 2.05) is 30.3 Å². The molecule has 0 saturated carbocycles. The standard InChI is InChI=1S/C27H28FN5O3S/c1-29-27(20-6-4-3-5-7-20)10-12-31(13-11-27)25-22-18-21(28)8-9-24(22)30-19-23(25)26(34)32-14-16-33(17-15-32)37(2,35)36/h3-9,18-19H,10-17H2,2H3. The molecule has 0 unspecified atom stereocenters. The van der Waals surface area contributed by atoms with Gasteiger partial charge in [-0.1, -0.05) is 30.3 Å². The third kappa shape index (κ3) is 4.77. The van der Waals surface area contributed by atoms with Gasteiger partial charge in [-0.2, -0.15) is 4.31 Å². The van der Waals surface area contributed by atoms with Crippen molar-refractivity contribution in [2.75, 3.05) is 50.4 Å². The molecule has 0 radical (unpaired) electrons. The Kier molecular flexibility index (Phi) is 6.60. The molecule has 3 heterocycles. The number of pyridine rings is 1. The van der Waals surface area contributed by atoms with Crippen molar-refractivity contribution < 1.29 is 17.6 Å². The molecule has 0 bridgehead atoms. The number of hydrogen-bond acceptors (Lipinski definition) is 5. The van der Waals surface area contributed by atoms with E-state index < -0.39 is 21.4 Å². The summed E-state index contributed by atoms with van der Waals surface area (Å²) in [5.74, 6) is -0.675. The Morgan fingerprint density at radius 1 is 1.03 bits per heavy atom. The predicted molar refractivity (Wildman–Crippen MR) is 140 cm³/mol. The van der Waals surface area contributed by atoms with Gasteiger partial charge in [0.05, 0.1) is 23.0 Å². The van der Waals surface area contributed by atoms with Crippen LogP contribution < -0.4 is 4.90 Å². The lowest BCUT2D eigenvalue weighted by molar-refractivity contribution is 0.0698. The Hall–Kier alpha value is -3.55. The van der Waals surface area contributed by atoms with E-state index in [0.717, 1.165) is 5.56 Å². The van der Waals surface area contributed by atoms with Crippen LogP contribution in [0.1, 0.15) is 28.8 Å². The fraction of sp³-hybridized carbons (Fsp3) is 0.370. The molecule has 0 N–H and O–H groups in total. The van der Waals surface area contributed by atoms with E-state index in [1.165, 1.54) is 28.9 Å². The van der Waals surface area contributed by atoms with Crippen LogP contribution in [-0.4, -0.2) is 74.0 Å². The van der Waals surface area contributed by atoms with Gasteiger partial charge in [-0.25, -0.2) is 19.4 Å². The Labute approximate surface area is 216 Å². The van der Waals surface area contributed by atoms with E-state index in [-0.39, 0.29) is 32.1 Å². The topological polar surface area (TPSA) is 78.2 Å². The van der Waals surface area contributed by atoms with Crippen LogP contribution in [0.15, 0.2) is 54.7 Å². The molecule has 37 heavy (non-hydrogen) atoms. The SMILES string of the molecule is [C-]#[N+]C1(c2ccccc2)CCN(c2c(C(=O)N3CCN(S(C)(=O)=O)CC3)cnc3ccc(F)cc23)CC1. The van der Waals surface area contributed by atoms with Crippen LogP contribution in [-0.2, 0) is 15.6 Å². The molecule has 0 spiro atoms. The number of anilines is 1. The van der Waals surface area contributed by atoms with Gasteiger partial charge < -0.3 is 14.6 Å². The fourth-order valence-electron chi connectivity index (χ4n) is 5.35. The molecule has 1 amide bonds. The fourth-order valence-corrected chi connectivity index (χ4v) is 6.18. The minimum Gasteiger partial charge on any atom is -0.370 e. The van der Waals surface area contributed by atoms with E-state index in [1.54, 1.807) is 11.0 Å². The molecule has 10 heteroatoms. The molecule has 8 nitrogen and oxygen atoms in total. The zero-order chi connectivity index (χ0) is 26.2. The van der Waals surface area contributed by atoms with E-state index >= 15 is 0 Å². The minimum absolute atomic E-state index is 0.226. The summed E-state index contributed by atoms with van der Waals surface area (Å²) in [6, 6.07) is 14.1.